The van der Waals surface area contributed by atoms with E-state index in [-0.39, 0.29) is 17.8 Å². The maximum atomic E-state index is 11.9. The van der Waals surface area contributed by atoms with Gasteiger partial charge in [-0.05, 0) is 5.56 Å². The van der Waals surface area contributed by atoms with Gasteiger partial charge in [-0.3, -0.25) is 9.69 Å². The highest BCUT2D eigenvalue weighted by atomic mass is 16.4. The highest BCUT2D eigenvalue weighted by Crippen LogP contribution is 2.24. The normalized spacial score (nSPS) is 18.5. The number of aromatic nitrogens is 2. The van der Waals surface area contributed by atoms with Crippen LogP contribution in [0.15, 0.2) is 47.4 Å². The lowest BCUT2D eigenvalue weighted by molar-refractivity contribution is -0.117. The third-order valence-corrected chi connectivity index (χ3v) is 3.37. The van der Waals surface area contributed by atoms with E-state index in [4.69, 9.17) is 4.42 Å². The molecule has 1 saturated heterocycles. The first-order valence-corrected chi connectivity index (χ1v) is 6.55. The zero-order chi connectivity index (χ0) is 13.9. The molecule has 0 N–H and O–H groups in total. The highest BCUT2D eigenvalue weighted by molar-refractivity contribution is 5.93. The van der Waals surface area contributed by atoms with Gasteiger partial charge in [0.2, 0.25) is 11.8 Å². The Hall–Kier alpha value is -2.43. The summed E-state index contributed by atoms with van der Waals surface area (Å²) in [7, 11) is 0. The lowest BCUT2D eigenvalue weighted by Gasteiger charge is -2.09. The van der Waals surface area contributed by atoms with E-state index in [1.54, 1.807) is 6.08 Å². The number of anilines is 1. The van der Waals surface area contributed by atoms with Crippen LogP contribution in [0.1, 0.15) is 17.9 Å². The number of benzene rings is 1. The molecule has 2 heterocycles. The molecule has 1 atom stereocenters. The summed E-state index contributed by atoms with van der Waals surface area (Å²) in [6.07, 6.45) is 2.82. The zero-order valence-corrected chi connectivity index (χ0v) is 11.0. The molecule has 1 aliphatic heterocycles. The lowest BCUT2D eigenvalue weighted by atomic mass is 10.1. The maximum absolute atomic E-state index is 11.9. The topological polar surface area (TPSA) is 59.2 Å². The summed E-state index contributed by atoms with van der Waals surface area (Å²) < 4.78 is 5.58. The molecule has 1 amide bonds. The van der Waals surface area contributed by atoms with Crippen LogP contribution >= 0.6 is 0 Å². The van der Waals surface area contributed by atoms with E-state index < -0.39 is 0 Å². The van der Waals surface area contributed by atoms with Gasteiger partial charge in [0, 0.05) is 18.9 Å². The Morgan fingerprint density at radius 2 is 2.15 bits per heavy atom. The lowest BCUT2D eigenvalue weighted by Crippen LogP contribution is -2.24. The third-order valence-electron chi connectivity index (χ3n) is 3.37. The van der Waals surface area contributed by atoms with Crippen LogP contribution in [0, 0.1) is 5.92 Å². The van der Waals surface area contributed by atoms with Gasteiger partial charge in [-0.1, -0.05) is 41.5 Å². The molecule has 0 aliphatic carbocycles. The van der Waals surface area contributed by atoms with Gasteiger partial charge in [-0.2, -0.15) is 0 Å². The summed E-state index contributed by atoms with van der Waals surface area (Å²) in [6, 6.07) is 10.2. The molecule has 0 radical (unpaired) electrons. The number of amides is 1. The fourth-order valence-corrected chi connectivity index (χ4v) is 2.27. The standard InChI is InChI=1S/C15H15N3O2/c1-2-11-9-14(19)18(10-11)15-17-16-13(20-15)8-12-6-4-3-5-7-12/h2-7,11H,1,8-10H2. The van der Waals surface area contributed by atoms with Gasteiger partial charge >= 0.3 is 6.01 Å². The zero-order valence-electron chi connectivity index (χ0n) is 11.0. The van der Waals surface area contributed by atoms with Crippen LogP contribution in [0.5, 0.6) is 0 Å². The summed E-state index contributed by atoms with van der Waals surface area (Å²) >= 11 is 0. The Bertz CT molecular complexity index is 621. The van der Waals surface area contributed by atoms with Gasteiger partial charge in [-0.25, -0.2) is 0 Å². The predicted octanol–water partition coefficient (Wildman–Crippen LogP) is 2.20. The van der Waals surface area contributed by atoms with E-state index >= 15 is 0 Å². The number of carbonyl (C=O) groups is 1. The molecule has 0 spiro atoms. The number of nitrogens with zero attached hydrogens (tertiary/aromatic N) is 3. The summed E-state index contributed by atoms with van der Waals surface area (Å²) in [4.78, 5) is 13.4. The van der Waals surface area contributed by atoms with Crippen molar-refractivity contribution in [3.63, 3.8) is 0 Å². The van der Waals surface area contributed by atoms with Crippen molar-refractivity contribution in [3.05, 3.63) is 54.4 Å². The van der Waals surface area contributed by atoms with E-state index in [0.29, 0.717) is 25.3 Å². The first-order chi connectivity index (χ1) is 9.76. The van der Waals surface area contributed by atoms with Crippen LogP contribution in [0.3, 0.4) is 0 Å². The summed E-state index contributed by atoms with van der Waals surface area (Å²) in [5.41, 5.74) is 1.10. The maximum Gasteiger partial charge on any atom is 0.325 e. The number of hydrogen-bond donors (Lipinski definition) is 0. The van der Waals surface area contributed by atoms with Crippen molar-refractivity contribution >= 4 is 11.9 Å². The SMILES string of the molecule is C=CC1CC(=O)N(c2nnc(Cc3ccccc3)o2)C1. The molecule has 1 aliphatic rings. The molecule has 3 rings (SSSR count). The average Bonchev–Trinajstić information content (AvgIpc) is 3.06. The molecule has 2 aromatic rings. The van der Waals surface area contributed by atoms with Crippen LogP contribution in [0.25, 0.3) is 0 Å². The van der Waals surface area contributed by atoms with Crippen LogP contribution < -0.4 is 4.90 Å². The second kappa shape index (κ2) is 5.28. The Morgan fingerprint density at radius 1 is 1.35 bits per heavy atom. The molecule has 5 nitrogen and oxygen atoms in total. The van der Waals surface area contributed by atoms with Gasteiger partial charge in [0.05, 0.1) is 6.42 Å². The predicted molar refractivity (Wildman–Crippen MR) is 74.2 cm³/mol. The Balaban J connectivity index is 1.74. The third kappa shape index (κ3) is 2.47. The fourth-order valence-electron chi connectivity index (χ4n) is 2.27. The molecule has 102 valence electrons. The van der Waals surface area contributed by atoms with Gasteiger partial charge in [0.15, 0.2) is 0 Å². The Morgan fingerprint density at radius 3 is 2.85 bits per heavy atom. The molecule has 1 aromatic heterocycles. The Labute approximate surface area is 116 Å². The van der Waals surface area contributed by atoms with Crippen molar-refractivity contribution in [1.29, 1.82) is 0 Å². The first-order valence-electron chi connectivity index (χ1n) is 6.55. The minimum absolute atomic E-state index is 0.00445. The minimum atomic E-state index is 0.00445. The molecule has 1 unspecified atom stereocenters. The monoisotopic (exact) mass is 269 g/mol. The smallest absolute Gasteiger partial charge is 0.325 e. The quantitative estimate of drug-likeness (QED) is 0.798. The van der Waals surface area contributed by atoms with Crippen LogP contribution in [0.4, 0.5) is 6.01 Å². The van der Waals surface area contributed by atoms with Crippen LogP contribution in [0.2, 0.25) is 0 Å². The molecule has 20 heavy (non-hydrogen) atoms. The summed E-state index contributed by atoms with van der Waals surface area (Å²) in [6.45, 7) is 4.29. The van der Waals surface area contributed by atoms with Crippen LogP contribution in [-0.4, -0.2) is 22.6 Å². The van der Waals surface area contributed by atoms with Gasteiger partial charge < -0.3 is 4.42 Å². The molecular weight excluding hydrogens is 254 g/mol. The molecule has 0 bridgehead atoms. The van der Waals surface area contributed by atoms with Gasteiger partial charge in [0.25, 0.3) is 0 Å². The summed E-state index contributed by atoms with van der Waals surface area (Å²) in [5.74, 6) is 0.679. The van der Waals surface area contributed by atoms with Gasteiger partial charge in [0.1, 0.15) is 0 Å². The second-order valence-electron chi connectivity index (χ2n) is 4.85. The van der Waals surface area contributed by atoms with E-state index in [1.165, 1.54) is 4.90 Å². The van der Waals surface area contributed by atoms with E-state index in [2.05, 4.69) is 16.8 Å². The van der Waals surface area contributed by atoms with Gasteiger partial charge in [-0.15, -0.1) is 11.7 Å². The minimum Gasteiger partial charge on any atom is -0.407 e. The molecule has 1 aromatic carbocycles. The number of hydrogen-bond acceptors (Lipinski definition) is 4. The first kappa shape index (κ1) is 12.6. The Kier molecular flexibility index (Phi) is 3.33. The molecule has 0 saturated carbocycles. The molecular formula is C15H15N3O2. The van der Waals surface area contributed by atoms with E-state index in [1.807, 2.05) is 30.3 Å². The van der Waals surface area contributed by atoms with E-state index in [0.717, 1.165) is 5.56 Å². The van der Waals surface area contributed by atoms with Crippen LogP contribution in [-0.2, 0) is 11.2 Å². The number of rotatable bonds is 4. The average molecular weight is 269 g/mol. The second-order valence-corrected chi connectivity index (χ2v) is 4.85. The van der Waals surface area contributed by atoms with Crippen molar-refractivity contribution in [1.82, 2.24) is 10.2 Å². The largest absolute Gasteiger partial charge is 0.407 e. The van der Waals surface area contributed by atoms with E-state index in [9.17, 15) is 4.79 Å². The summed E-state index contributed by atoms with van der Waals surface area (Å²) in [5, 5.41) is 7.97. The van der Waals surface area contributed by atoms with Crippen molar-refractivity contribution in [2.24, 2.45) is 5.92 Å². The fraction of sp³-hybridized carbons (Fsp3) is 0.267. The van der Waals surface area contributed by atoms with Crippen molar-refractivity contribution < 1.29 is 9.21 Å². The van der Waals surface area contributed by atoms with Crippen molar-refractivity contribution in [2.75, 3.05) is 11.4 Å². The van der Waals surface area contributed by atoms with Crippen molar-refractivity contribution in [3.8, 4) is 0 Å². The highest BCUT2D eigenvalue weighted by Gasteiger charge is 2.32. The number of carbonyl (C=O) groups excluding carboxylic acids is 1. The molecule has 1 fully saturated rings. The van der Waals surface area contributed by atoms with Crippen molar-refractivity contribution in [2.45, 2.75) is 12.8 Å². The molecule has 5 heteroatoms.